The number of piperidine rings is 1. The largest absolute Gasteiger partial charge is 0.394 e. The van der Waals surface area contributed by atoms with Crippen LogP contribution in [0.4, 0.5) is 18.0 Å². The van der Waals surface area contributed by atoms with Gasteiger partial charge in [0.15, 0.2) is 0 Å². The minimum Gasteiger partial charge on any atom is -0.358 e. The van der Waals surface area contributed by atoms with Crippen LogP contribution in [0.5, 0.6) is 0 Å². The van der Waals surface area contributed by atoms with E-state index in [9.17, 15) is 22.8 Å². The van der Waals surface area contributed by atoms with E-state index in [1.807, 2.05) is 4.90 Å². The van der Waals surface area contributed by atoms with Crippen molar-refractivity contribution in [1.29, 1.82) is 0 Å². The number of alkyl halides is 3. The molecule has 0 radical (unpaired) electrons. The maximum absolute atomic E-state index is 13.1. The summed E-state index contributed by atoms with van der Waals surface area (Å²) in [4.78, 5) is 27.2. The number of carbonyl (C=O) groups is 2. The Hall–Kier alpha value is -1.51. The molecule has 1 atom stereocenters. The van der Waals surface area contributed by atoms with E-state index in [4.69, 9.17) is 0 Å². The van der Waals surface area contributed by atoms with E-state index in [1.165, 1.54) is 18.7 Å². The summed E-state index contributed by atoms with van der Waals surface area (Å²) < 4.78 is 39.4. The van der Waals surface area contributed by atoms with Crippen molar-refractivity contribution < 1.29 is 22.8 Å². The fraction of sp³-hybridized carbons (Fsp3) is 0.875. The summed E-state index contributed by atoms with van der Waals surface area (Å²) in [7, 11) is 1.58. The number of carbonyl (C=O) groups excluding carboxylic acids is 2. The Labute approximate surface area is 146 Å². The van der Waals surface area contributed by atoms with E-state index in [-0.39, 0.29) is 24.9 Å². The first-order chi connectivity index (χ1) is 11.6. The average molecular weight is 364 g/mol. The molecule has 25 heavy (non-hydrogen) atoms. The Bertz CT molecular complexity index is 502. The minimum atomic E-state index is -4.30. The number of rotatable bonds is 3. The first-order valence-corrected chi connectivity index (χ1v) is 8.63. The van der Waals surface area contributed by atoms with Crippen LogP contribution in [0.25, 0.3) is 0 Å². The molecule has 0 aliphatic carbocycles. The zero-order valence-electron chi connectivity index (χ0n) is 14.9. The molecule has 2 saturated heterocycles. The number of hydrogen-bond acceptors (Lipinski definition) is 3. The third kappa shape index (κ3) is 4.56. The van der Waals surface area contributed by atoms with Crippen LogP contribution in [0.3, 0.4) is 0 Å². The fourth-order valence-corrected chi connectivity index (χ4v) is 3.79. The van der Waals surface area contributed by atoms with Crippen molar-refractivity contribution in [1.82, 2.24) is 20.4 Å². The van der Waals surface area contributed by atoms with Gasteiger partial charge in [0.2, 0.25) is 5.91 Å². The molecule has 0 spiro atoms. The molecule has 9 heteroatoms. The molecule has 0 aromatic carbocycles. The van der Waals surface area contributed by atoms with Crippen LogP contribution in [0, 0.1) is 5.92 Å². The summed E-state index contributed by atoms with van der Waals surface area (Å²) in [5, 5.41) is 5.44. The molecule has 3 amide bonds. The first kappa shape index (κ1) is 19.8. The van der Waals surface area contributed by atoms with Gasteiger partial charge in [0, 0.05) is 32.7 Å². The van der Waals surface area contributed by atoms with E-state index < -0.39 is 23.7 Å². The Balaban J connectivity index is 1.86. The second-order valence-corrected chi connectivity index (χ2v) is 7.36. The molecule has 0 aromatic rings. The maximum atomic E-state index is 13.1. The number of nitrogens with one attached hydrogen (secondary N) is 2. The van der Waals surface area contributed by atoms with Gasteiger partial charge in [-0.1, -0.05) is 0 Å². The van der Waals surface area contributed by atoms with Crippen molar-refractivity contribution >= 4 is 11.9 Å². The summed E-state index contributed by atoms with van der Waals surface area (Å²) in [6, 6.07) is -0.504. The lowest BCUT2D eigenvalue weighted by atomic mass is 9.88. The van der Waals surface area contributed by atoms with Crippen molar-refractivity contribution in [2.24, 2.45) is 5.92 Å². The molecule has 144 valence electrons. The normalized spacial score (nSPS) is 25.0. The fourth-order valence-electron chi connectivity index (χ4n) is 3.79. The predicted molar refractivity (Wildman–Crippen MR) is 87.0 cm³/mol. The van der Waals surface area contributed by atoms with Gasteiger partial charge in [-0.05, 0) is 33.1 Å². The van der Waals surface area contributed by atoms with E-state index in [1.54, 1.807) is 7.05 Å². The van der Waals surface area contributed by atoms with E-state index >= 15 is 0 Å². The highest BCUT2D eigenvalue weighted by molar-refractivity contribution is 5.77. The number of hydrogen-bond donors (Lipinski definition) is 2. The zero-order valence-corrected chi connectivity index (χ0v) is 14.9. The Morgan fingerprint density at radius 3 is 2.20 bits per heavy atom. The predicted octanol–water partition coefficient (Wildman–Crippen LogP) is 1.57. The van der Waals surface area contributed by atoms with E-state index in [0.29, 0.717) is 32.5 Å². The molecule has 2 aliphatic rings. The number of likely N-dealkylation sites (tertiary alicyclic amines) is 2. The SMILES string of the molecule is CNC(=O)CN1CCC(NC(=O)N2CCC(C(F)(F)F)C2(C)C)CC1. The Morgan fingerprint density at radius 2 is 1.72 bits per heavy atom. The Kier molecular flexibility index (Phi) is 5.86. The average Bonchev–Trinajstić information content (AvgIpc) is 2.84. The van der Waals surface area contributed by atoms with Gasteiger partial charge in [-0.3, -0.25) is 9.69 Å². The van der Waals surface area contributed by atoms with Crippen LogP contribution >= 0.6 is 0 Å². The molecule has 2 rings (SSSR count). The first-order valence-electron chi connectivity index (χ1n) is 8.63. The molecule has 0 bridgehead atoms. The number of likely N-dealkylation sites (N-methyl/N-ethyl adjacent to an activating group) is 1. The molecular weight excluding hydrogens is 337 g/mol. The molecular formula is C16H27F3N4O2. The van der Waals surface area contributed by atoms with Gasteiger partial charge in [-0.2, -0.15) is 13.2 Å². The van der Waals surface area contributed by atoms with Crippen LogP contribution in [0.1, 0.15) is 33.1 Å². The van der Waals surface area contributed by atoms with E-state index in [0.717, 1.165) is 0 Å². The van der Waals surface area contributed by atoms with Crippen LogP contribution in [-0.2, 0) is 4.79 Å². The molecule has 0 saturated carbocycles. The van der Waals surface area contributed by atoms with Crippen molar-refractivity contribution in [3.05, 3.63) is 0 Å². The second kappa shape index (κ2) is 7.39. The highest BCUT2D eigenvalue weighted by atomic mass is 19.4. The summed E-state index contributed by atoms with van der Waals surface area (Å²) in [5.74, 6) is -1.56. The molecule has 2 N–H and O–H groups in total. The van der Waals surface area contributed by atoms with Crippen LogP contribution in [0.2, 0.25) is 0 Å². The summed E-state index contributed by atoms with van der Waals surface area (Å²) in [6.45, 7) is 4.73. The lowest BCUT2D eigenvalue weighted by Crippen LogP contribution is -2.56. The Morgan fingerprint density at radius 1 is 1.12 bits per heavy atom. The van der Waals surface area contributed by atoms with Crippen molar-refractivity contribution in [3.8, 4) is 0 Å². The lowest BCUT2D eigenvalue weighted by Gasteiger charge is -2.38. The third-order valence-corrected chi connectivity index (χ3v) is 5.39. The van der Waals surface area contributed by atoms with Gasteiger partial charge >= 0.3 is 12.2 Å². The van der Waals surface area contributed by atoms with Crippen molar-refractivity contribution in [3.63, 3.8) is 0 Å². The lowest BCUT2D eigenvalue weighted by molar-refractivity contribution is -0.189. The number of halogens is 3. The highest BCUT2D eigenvalue weighted by Gasteiger charge is 2.56. The van der Waals surface area contributed by atoms with Crippen molar-refractivity contribution in [2.45, 2.75) is 50.9 Å². The zero-order chi connectivity index (χ0) is 18.8. The topological polar surface area (TPSA) is 64.7 Å². The van der Waals surface area contributed by atoms with Crippen LogP contribution < -0.4 is 10.6 Å². The monoisotopic (exact) mass is 364 g/mol. The summed E-state index contributed by atoms with van der Waals surface area (Å²) in [5.41, 5.74) is -1.25. The molecule has 2 heterocycles. The quantitative estimate of drug-likeness (QED) is 0.799. The smallest absolute Gasteiger partial charge is 0.358 e. The molecule has 6 nitrogen and oxygen atoms in total. The van der Waals surface area contributed by atoms with E-state index in [2.05, 4.69) is 10.6 Å². The summed E-state index contributed by atoms with van der Waals surface area (Å²) in [6.07, 6.45) is -3.00. The standard InChI is InChI=1S/C16H27F3N4O2/c1-15(2)12(16(17,18)19)6-9-23(15)14(25)21-11-4-7-22(8-5-11)10-13(24)20-3/h11-12H,4-10H2,1-3H3,(H,20,24)(H,21,25). The van der Waals surface area contributed by atoms with Crippen molar-refractivity contribution in [2.75, 3.05) is 33.2 Å². The van der Waals surface area contributed by atoms with Gasteiger partial charge in [0.05, 0.1) is 18.0 Å². The van der Waals surface area contributed by atoms with Gasteiger partial charge in [-0.25, -0.2) is 4.79 Å². The highest BCUT2D eigenvalue weighted by Crippen LogP contribution is 2.44. The molecule has 1 unspecified atom stereocenters. The third-order valence-electron chi connectivity index (χ3n) is 5.39. The maximum Gasteiger partial charge on any atom is 0.394 e. The number of urea groups is 1. The number of nitrogens with zero attached hydrogens (tertiary/aromatic N) is 2. The molecule has 0 aromatic heterocycles. The summed E-state index contributed by atoms with van der Waals surface area (Å²) >= 11 is 0. The van der Waals surface area contributed by atoms with Gasteiger partial charge in [0.1, 0.15) is 0 Å². The van der Waals surface area contributed by atoms with Crippen LogP contribution in [0.15, 0.2) is 0 Å². The van der Waals surface area contributed by atoms with Gasteiger partial charge in [-0.15, -0.1) is 0 Å². The minimum absolute atomic E-state index is 0.0560. The van der Waals surface area contributed by atoms with Gasteiger partial charge in [0.25, 0.3) is 0 Å². The number of amides is 3. The molecule has 2 fully saturated rings. The molecule has 2 aliphatic heterocycles. The van der Waals surface area contributed by atoms with Crippen LogP contribution in [-0.4, -0.2) is 72.7 Å². The van der Waals surface area contributed by atoms with Gasteiger partial charge < -0.3 is 15.5 Å². The second-order valence-electron chi connectivity index (χ2n) is 7.36.